The normalized spacial score (nSPS) is 26.9. The van der Waals surface area contributed by atoms with Crippen molar-refractivity contribution in [3.8, 4) is 51.6 Å². The lowest BCUT2D eigenvalue weighted by Crippen LogP contribution is -2.64. The lowest BCUT2D eigenvalue weighted by Gasteiger charge is -2.44. The first-order valence-corrected chi connectivity index (χ1v) is 16.4. The predicted molar refractivity (Wildman–Crippen MR) is 183 cm³/mol. The SMILES string of the molecule is COc1cc(C=CC(=O)OCC2OC(Oc3c(O)cc(O)c4c(=O)cc(-c5ccc(O)c(O)c5)oc34)C(OC3OCC(O)C(O)C3O)C(O)C2O)ccc1O. The molecule has 2 saturated heterocycles. The van der Waals surface area contributed by atoms with Gasteiger partial charge in [0.2, 0.25) is 12.0 Å². The van der Waals surface area contributed by atoms with Crippen LogP contribution in [0.4, 0.5) is 0 Å². The van der Waals surface area contributed by atoms with E-state index in [9.17, 15) is 60.7 Å². The van der Waals surface area contributed by atoms with E-state index in [1.807, 2.05) is 0 Å². The first kappa shape index (κ1) is 39.1. The Bertz CT molecular complexity index is 2130. The predicted octanol–water partition coefficient (Wildman–Crippen LogP) is -0.0971. The van der Waals surface area contributed by atoms with Gasteiger partial charge in [0.1, 0.15) is 60.1 Å². The molecule has 0 radical (unpaired) electrons. The fourth-order valence-electron chi connectivity index (χ4n) is 5.84. The fraction of sp³-hybridized carbons (Fsp3) is 0.333. The van der Waals surface area contributed by atoms with E-state index in [0.29, 0.717) is 5.56 Å². The van der Waals surface area contributed by atoms with Gasteiger partial charge in [-0.1, -0.05) is 6.07 Å². The van der Waals surface area contributed by atoms with Crippen LogP contribution in [0.15, 0.2) is 63.8 Å². The summed E-state index contributed by atoms with van der Waals surface area (Å²) in [4.78, 5) is 25.9. The number of aromatic hydroxyl groups is 5. The summed E-state index contributed by atoms with van der Waals surface area (Å²) in [5.74, 6) is -4.45. The second-order valence-corrected chi connectivity index (χ2v) is 12.5. The largest absolute Gasteiger partial charge is 0.507 e. The summed E-state index contributed by atoms with van der Waals surface area (Å²) in [5.41, 5.74) is -0.913. The standard InChI is InChI=1S/C36H36O19/c1-49-24-8-14(2-5-17(24)38)3-7-26(44)50-13-25-29(46)30(47)34(55-35-31(48)28(45)22(43)12-51-35)36(53-25)54-32-21(42)10-19(40)27-20(41)11-23(52-33(27)32)15-4-6-16(37)18(39)9-15/h2-11,22,25,28-31,34-40,42-43,45-48H,12-13H2,1H3. The summed E-state index contributed by atoms with van der Waals surface area (Å²) >= 11 is 0. The van der Waals surface area contributed by atoms with Gasteiger partial charge in [-0.15, -0.1) is 0 Å². The van der Waals surface area contributed by atoms with Gasteiger partial charge >= 0.3 is 5.97 Å². The van der Waals surface area contributed by atoms with Gasteiger partial charge in [0.25, 0.3) is 0 Å². The van der Waals surface area contributed by atoms with E-state index < -0.39 is 120 Å². The Kier molecular flexibility index (Phi) is 11.4. The summed E-state index contributed by atoms with van der Waals surface area (Å²) < 4.78 is 38.9. The molecule has 6 rings (SSSR count). The molecule has 0 aliphatic carbocycles. The first-order valence-electron chi connectivity index (χ1n) is 16.4. The number of ether oxygens (including phenoxy) is 6. The smallest absolute Gasteiger partial charge is 0.330 e. The molecule has 4 aromatic rings. The number of aliphatic hydroxyl groups is 5. The number of phenols is 5. The van der Waals surface area contributed by atoms with Crippen molar-refractivity contribution in [3.05, 3.63) is 70.4 Å². The Balaban J connectivity index is 1.32. The molecule has 3 heterocycles. The van der Waals surface area contributed by atoms with Crippen LogP contribution in [-0.4, -0.2) is 133 Å². The molecular weight excluding hydrogens is 736 g/mol. The summed E-state index contributed by atoms with van der Waals surface area (Å²) in [6.07, 6.45) is -13.8. The van der Waals surface area contributed by atoms with E-state index >= 15 is 0 Å². The lowest BCUT2D eigenvalue weighted by molar-refractivity contribution is -0.345. The minimum Gasteiger partial charge on any atom is -0.507 e. The van der Waals surface area contributed by atoms with Crippen molar-refractivity contribution in [1.82, 2.24) is 0 Å². The third-order valence-corrected chi connectivity index (χ3v) is 8.81. The van der Waals surface area contributed by atoms with Crippen LogP contribution in [0.2, 0.25) is 0 Å². The van der Waals surface area contributed by atoms with Crippen LogP contribution in [-0.2, 0) is 23.7 Å². The van der Waals surface area contributed by atoms with Crippen molar-refractivity contribution in [1.29, 1.82) is 0 Å². The van der Waals surface area contributed by atoms with Gasteiger partial charge in [-0.05, 0) is 42.0 Å². The molecule has 0 amide bonds. The average Bonchev–Trinajstić information content (AvgIpc) is 3.15. The molecule has 9 unspecified atom stereocenters. The number of phenolic OH excluding ortho intramolecular Hbond substituents is 5. The number of hydrogen-bond donors (Lipinski definition) is 10. The number of benzene rings is 3. The molecule has 9 atom stereocenters. The number of carbonyl (C=O) groups is 1. The van der Waals surface area contributed by atoms with Crippen LogP contribution in [0.5, 0.6) is 40.2 Å². The van der Waals surface area contributed by atoms with E-state index in [4.69, 9.17) is 32.8 Å². The quantitative estimate of drug-likeness (QED) is 0.0572. The number of aliphatic hydroxyl groups excluding tert-OH is 5. The highest BCUT2D eigenvalue weighted by molar-refractivity contribution is 5.91. The van der Waals surface area contributed by atoms with Crippen molar-refractivity contribution in [2.24, 2.45) is 0 Å². The molecule has 55 heavy (non-hydrogen) atoms. The highest BCUT2D eigenvalue weighted by Gasteiger charge is 2.50. The molecular formula is C36H36O19. The van der Waals surface area contributed by atoms with Crippen molar-refractivity contribution >= 4 is 23.0 Å². The van der Waals surface area contributed by atoms with Crippen molar-refractivity contribution in [3.63, 3.8) is 0 Å². The Morgan fingerprint density at radius 1 is 0.818 bits per heavy atom. The van der Waals surface area contributed by atoms with Gasteiger partial charge in [0.05, 0.1) is 13.7 Å². The zero-order chi connectivity index (χ0) is 39.7. The minimum atomic E-state index is -2.00. The fourth-order valence-corrected chi connectivity index (χ4v) is 5.84. The van der Waals surface area contributed by atoms with Crippen molar-refractivity contribution < 1.29 is 88.7 Å². The van der Waals surface area contributed by atoms with E-state index in [2.05, 4.69) is 0 Å². The molecule has 1 aromatic heterocycles. The molecule has 19 nitrogen and oxygen atoms in total. The van der Waals surface area contributed by atoms with E-state index in [-0.39, 0.29) is 22.8 Å². The molecule has 3 aromatic carbocycles. The van der Waals surface area contributed by atoms with Crippen LogP contribution in [0.3, 0.4) is 0 Å². The topological polar surface area (TPSA) is 305 Å². The zero-order valence-corrected chi connectivity index (χ0v) is 28.5. The Labute approximate surface area is 309 Å². The Morgan fingerprint density at radius 3 is 2.29 bits per heavy atom. The number of fused-ring (bicyclic) bond motifs is 1. The highest BCUT2D eigenvalue weighted by Crippen LogP contribution is 2.43. The highest BCUT2D eigenvalue weighted by atomic mass is 16.8. The van der Waals surface area contributed by atoms with Gasteiger partial charge in [0.15, 0.2) is 52.2 Å². The van der Waals surface area contributed by atoms with Crippen LogP contribution in [0.1, 0.15) is 5.56 Å². The van der Waals surface area contributed by atoms with Crippen LogP contribution >= 0.6 is 0 Å². The molecule has 0 spiro atoms. The number of methoxy groups -OCH3 is 1. The molecule has 2 aliphatic heterocycles. The number of esters is 1. The van der Waals surface area contributed by atoms with Gasteiger partial charge in [-0.25, -0.2) is 4.79 Å². The Hall–Kier alpha value is -5.64. The zero-order valence-electron chi connectivity index (χ0n) is 28.5. The van der Waals surface area contributed by atoms with E-state index in [0.717, 1.165) is 30.3 Å². The second kappa shape index (κ2) is 16.0. The third kappa shape index (κ3) is 8.09. The maximum atomic E-state index is 13.3. The van der Waals surface area contributed by atoms with Crippen LogP contribution < -0.4 is 14.9 Å². The summed E-state index contributed by atoms with van der Waals surface area (Å²) in [6.45, 7) is -1.24. The van der Waals surface area contributed by atoms with E-state index in [1.54, 1.807) is 0 Å². The Morgan fingerprint density at radius 2 is 1.56 bits per heavy atom. The molecule has 2 aliphatic rings. The van der Waals surface area contributed by atoms with Gasteiger partial charge in [-0.3, -0.25) is 4.79 Å². The molecule has 0 saturated carbocycles. The monoisotopic (exact) mass is 772 g/mol. The summed E-state index contributed by atoms with van der Waals surface area (Å²) in [7, 11) is 1.34. The number of hydrogen-bond acceptors (Lipinski definition) is 19. The third-order valence-electron chi connectivity index (χ3n) is 8.81. The first-order chi connectivity index (χ1) is 26.2. The molecule has 2 fully saturated rings. The van der Waals surface area contributed by atoms with Crippen molar-refractivity contribution in [2.75, 3.05) is 20.3 Å². The van der Waals surface area contributed by atoms with Gasteiger partial charge in [-0.2, -0.15) is 0 Å². The molecule has 19 heteroatoms. The average molecular weight is 773 g/mol. The van der Waals surface area contributed by atoms with E-state index in [1.165, 1.54) is 37.5 Å². The summed E-state index contributed by atoms with van der Waals surface area (Å²) in [5, 5.41) is 104. The number of carbonyl (C=O) groups excluding carboxylic acids is 1. The second-order valence-electron chi connectivity index (χ2n) is 12.5. The minimum absolute atomic E-state index is 0.0708. The molecule has 10 N–H and O–H groups in total. The lowest BCUT2D eigenvalue weighted by atomic mass is 9.98. The van der Waals surface area contributed by atoms with Crippen LogP contribution in [0.25, 0.3) is 28.4 Å². The number of rotatable bonds is 10. The van der Waals surface area contributed by atoms with Crippen LogP contribution in [0, 0.1) is 0 Å². The maximum absolute atomic E-state index is 13.3. The van der Waals surface area contributed by atoms with Gasteiger partial charge in [0, 0.05) is 23.8 Å². The molecule has 0 bridgehead atoms. The van der Waals surface area contributed by atoms with Crippen molar-refractivity contribution in [2.45, 2.75) is 55.3 Å². The molecule has 294 valence electrons. The summed E-state index contributed by atoms with van der Waals surface area (Å²) in [6, 6.07) is 9.44. The maximum Gasteiger partial charge on any atom is 0.330 e. The van der Waals surface area contributed by atoms with Gasteiger partial charge < -0.3 is 83.9 Å².